The molecule has 0 heterocycles. The molecule has 0 aliphatic heterocycles. The molecule has 2 saturated carbocycles. The van der Waals surface area contributed by atoms with Gasteiger partial charge in [-0.2, -0.15) is 0 Å². The highest BCUT2D eigenvalue weighted by Crippen LogP contribution is 2.58. The van der Waals surface area contributed by atoms with Crippen LogP contribution in [0.3, 0.4) is 0 Å². The molecule has 0 aromatic carbocycles. The molecular weight excluding hydrogens is 222 g/mol. The van der Waals surface area contributed by atoms with E-state index in [-0.39, 0.29) is 0 Å². The van der Waals surface area contributed by atoms with Gasteiger partial charge in [-0.3, -0.25) is 4.79 Å². The monoisotopic (exact) mass is 243 g/mol. The first-order valence-electron chi connectivity index (χ1n) is 6.53. The highest BCUT2D eigenvalue weighted by atomic mass is 35.5. The summed E-state index contributed by atoms with van der Waals surface area (Å²) in [6.45, 7) is 5.03. The van der Waals surface area contributed by atoms with Crippen LogP contribution in [0.5, 0.6) is 0 Å². The molecule has 16 heavy (non-hydrogen) atoms. The van der Waals surface area contributed by atoms with Gasteiger partial charge in [0, 0.05) is 24.4 Å². The van der Waals surface area contributed by atoms with Crippen LogP contribution in [-0.4, -0.2) is 29.3 Å². The van der Waals surface area contributed by atoms with E-state index in [0.29, 0.717) is 23.7 Å². The molecule has 0 saturated heterocycles. The van der Waals surface area contributed by atoms with Crippen molar-refractivity contribution in [1.82, 2.24) is 4.90 Å². The molecular formula is C13H22ClNO. The van der Waals surface area contributed by atoms with E-state index < -0.39 is 0 Å². The summed E-state index contributed by atoms with van der Waals surface area (Å²) in [7, 11) is 0. The summed E-state index contributed by atoms with van der Waals surface area (Å²) in [4.78, 5) is 14.4. The summed E-state index contributed by atoms with van der Waals surface area (Å²) in [5.74, 6) is 2.87. The number of nitrogens with zero attached hydrogens (tertiary/aromatic N) is 1. The van der Waals surface area contributed by atoms with Crippen molar-refractivity contribution in [2.75, 3.05) is 12.4 Å². The smallest absolute Gasteiger partial charge is 0.226 e. The maximum atomic E-state index is 12.3. The Bertz CT molecular complexity index is 257. The molecule has 2 rings (SSSR count). The van der Waals surface area contributed by atoms with Crippen molar-refractivity contribution in [2.45, 2.75) is 45.6 Å². The molecule has 0 radical (unpaired) electrons. The fourth-order valence-electron chi connectivity index (χ4n) is 3.23. The van der Waals surface area contributed by atoms with E-state index in [1.807, 2.05) is 4.90 Å². The van der Waals surface area contributed by atoms with Gasteiger partial charge in [-0.25, -0.2) is 0 Å². The lowest BCUT2D eigenvalue weighted by atomic mass is 10.1. The lowest BCUT2D eigenvalue weighted by molar-refractivity contribution is -0.135. The topological polar surface area (TPSA) is 20.3 Å². The number of hydrogen-bond donors (Lipinski definition) is 0. The number of rotatable bonds is 5. The number of amides is 1. The van der Waals surface area contributed by atoms with Crippen LogP contribution in [0.2, 0.25) is 0 Å². The van der Waals surface area contributed by atoms with E-state index in [1.165, 1.54) is 19.3 Å². The van der Waals surface area contributed by atoms with Gasteiger partial charge in [0.2, 0.25) is 5.91 Å². The number of alkyl halides is 1. The van der Waals surface area contributed by atoms with Crippen LogP contribution in [-0.2, 0) is 4.79 Å². The van der Waals surface area contributed by atoms with E-state index in [9.17, 15) is 4.79 Å². The minimum Gasteiger partial charge on any atom is -0.340 e. The van der Waals surface area contributed by atoms with Crippen molar-refractivity contribution < 1.29 is 4.79 Å². The zero-order valence-corrected chi connectivity index (χ0v) is 11.0. The maximum Gasteiger partial charge on any atom is 0.226 e. The first-order valence-corrected chi connectivity index (χ1v) is 7.06. The van der Waals surface area contributed by atoms with Crippen molar-refractivity contribution in [2.24, 2.45) is 17.8 Å². The number of hydrogen-bond acceptors (Lipinski definition) is 1. The van der Waals surface area contributed by atoms with Gasteiger partial charge in [0.1, 0.15) is 0 Å². The zero-order valence-electron chi connectivity index (χ0n) is 10.3. The summed E-state index contributed by atoms with van der Waals surface area (Å²) in [6.07, 6.45) is 4.81. The normalized spacial score (nSPS) is 31.6. The van der Waals surface area contributed by atoms with Gasteiger partial charge >= 0.3 is 0 Å². The molecule has 0 bridgehead atoms. The Morgan fingerprint density at radius 1 is 1.38 bits per heavy atom. The van der Waals surface area contributed by atoms with E-state index in [2.05, 4.69) is 13.8 Å². The van der Waals surface area contributed by atoms with E-state index in [4.69, 9.17) is 11.6 Å². The molecule has 2 nitrogen and oxygen atoms in total. The maximum absolute atomic E-state index is 12.3. The first-order chi connectivity index (χ1) is 7.66. The number of carbonyl (C=O) groups is 1. The van der Waals surface area contributed by atoms with Crippen molar-refractivity contribution >= 4 is 17.5 Å². The van der Waals surface area contributed by atoms with E-state index >= 15 is 0 Å². The molecule has 0 aromatic heterocycles. The molecule has 2 unspecified atom stereocenters. The molecule has 0 N–H and O–H groups in total. The Hall–Kier alpha value is -0.240. The second-order valence-electron chi connectivity index (χ2n) is 5.45. The first kappa shape index (κ1) is 12.2. The lowest BCUT2D eigenvalue weighted by Crippen LogP contribution is -2.39. The Labute approximate surface area is 103 Å². The largest absolute Gasteiger partial charge is 0.340 e. The van der Waals surface area contributed by atoms with Crippen molar-refractivity contribution in [1.29, 1.82) is 0 Å². The van der Waals surface area contributed by atoms with Gasteiger partial charge in [-0.05, 0) is 44.9 Å². The van der Waals surface area contributed by atoms with Crippen LogP contribution in [0.4, 0.5) is 0 Å². The summed E-state index contributed by atoms with van der Waals surface area (Å²) < 4.78 is 0. The highest BCUT2D eigenvalue weighted by molar-refractivity contribution is 6.17. The summed E-state index contributed by atoms with van der Waals surface area (Å²) in [5.41, 5.74) is 0. The fourth-order valence-corrected chi connectivity index (χ4v) is 3.35. The predicted octanol–water partition coefficient (Wildman–Crippen LogP) is 2.90. The van der Waals surface area contributed by atoms with E-state index in [1.54, 1.807) is 0 Å². The van der Waals surface area contributed by atoms with Crippen molar-refractivity contribution in [3.05, 3.63) is 0 Å². The third kappa shape index (κ3) is 2.22. The Morgan fingerprint density at radius 2 is 2.00 bits per heavy atom. The lowest BCUT2D eigenvalue weighted by Gasteiger charge is -2.27. The van der Waals surface area contributed by atoms with Crippen molar-refractivity contribution in [3.63, 3.8) is 0 Å². The predicted molar refractivity (Wildman–Crippen MR) is 66.5 cm³/mol. The van der Waals surface area contributed by atoms with Crippen LogP contribution in [0.15, 0.2) is 0 Å². The van der Waals surface area contributed by atoms with Gasteiger partial charge in [-0.1, -0.05) is 6.42 Å². The summed E-state index contributed by atoms with van der Waals surface area (Å²) in [5, 5.41) is 0. The molecule has 2 fully saturated rings. The quantitative estimate of drug-likeness (QED) is 0.680. The molecule has 1 amide bonds. The van der Waals surface area contributed by atoms with E-state index in [0.717, 1.165) is 24.8 Å². The average Bonchev–Trinajstić information content (AvgIpc) is 2.72. The molecule has 2 aliphatic carbocycles. The Balaban J connectivity index is 1.90. The number of halogens is 1. The molecule has 0 spiro atoms. The van der Waals surface area contributed by atoms with Gasteiger partial charge in [0.05, 0.1) is 0 Å². The minimum absolute atomic E-state index is 0.317. The van der Waals surface area contributed by atoms with Crippen LogP contribution >= 0.6 is 11.6 Å². The van der Waals surface area contributed by atoms with Crippen LogP contribution in [0.25, 0.3) is 0 Å². The molecule has 92 valence electrons. The number of carbonyl (C=O) groups excluding carboxylic acids is 1. The van der Waals surface area contributed by atoms with Crippen LogP contribution in [0.1, 0.15) is 39.5 Å². The molecule has 2 atom stereocenters. The average molecular weight is 244 g/mol. The highest BCUT2D eigenvalue weighted by Gasteiger charge is 2.57. The SMILES string of the molecule is CC(C)N(CCCCl)C(=O)C1C2CCCC21. The Kier molecular flexibility index (Phi) is 3.78. The number of fused-ring (bicyclic) bond motifs is 1. The molecule has 0 aromatic rings. The second-order valence-corrected chi connectivity index (χ2v) is 5.83. The molecule has 2 aliphatic rings. The van der Waals surface area contributed by atoms with Crippen LogP contribution in [0, 0.1) is 17.8 Å². The summed E-state index contributed by atoms with van der Waals surface area (Å²) >= 11 is 5.71. The van der Waals surface area contributed by atoms with Gasteiger partial charge in [-0.15, -0.1) is 11.6 Å². The third-order valence-electron chi connectivity index (χ3n) is 4.13. The van der Waals surface area contributed by atoms with Gasteiger partial charge in [0.25, 0.3) is 0 Å². The standard InChI is InChI=1S/C13H22ClNO/c1-9(2)15(8-4-7-14)13(16)12-10-5-3-6-11(10)12/h9-12H,3-8H2,1-2H3. The van der Waals surface area contributed by atoms with Crippen LogP contribution < -0.4 is 0 Å². The molecule has 3 heteroatoms. The van der Waals surface area contributed by atoms with Gasteiger partial charge < -0.3 is 4.90 Å². The summed E-state index contributed by atoms with van der Waals surface area (Å²) in [6, 6.07) is 0.317. The Morgan fingerprint density at radius 3 is 2.50 bits per heavy atom. The fraction of sp³-hybridized carbons (Fsp3) is 0.923. The van der Waals surface area contributed by atoms with Gasteiger partial charge in [0.15, 0.2) is 0 Å². The van der Waals surface area contributed by atoms with Crippen molar-refractivity contribution in [3.8, 4) is 0 Å². The third-order valence-corrected chi connectivity index (χ3v) is 4.40. The zero-order chi connectivity index (χ0) is 11.7. The second kappa shape index (κ2) is 4.95. The minimum atomic E-state index is 0.317.